The number of hydrogen-bond acceptors (Lipinski definition) is 8. The third-order valence-corrected chi connectivity index (χ3v) is 5.53. The Hall–Kier alpha value is -4.78. The number of halogens is 3. The van der Waals surface area contributed by atoms with Gasteiger partial charge in [0.2, 0.25) is 5.95 Å². The highest BCUT2D eigenvalue weighted by molar-refractivity contribution is 6.33. The summed E-state index contributed by atoms with van der Waals surface area (Å²) >= 11 is 6.23. The van der Waals surface area contributed by atoms with Gasteiger partial charge in [0, 0.05) is 18.0 Å². The minimum absolute atomic E-state index is 0.110. The third kappa shape index (κ3) is 5.41. The Morgan fingerprint density at radius 2 is 1.92 bits per heavy atom. The molecule has 37 heavy (non-hydrogen) atoms. The predicted molar refractivity (Wildman–Crippen MR) is 135 cm³/mol. The molecule has 3 heterocycles. The summed E-state index contributed by atoms with van der Waals surface area (Å²) in [7, 11) is 0. The third-order valence-electron chi connectivity index (χ3n) is 5.22. The largest absolute Gasteiger partial charge is 0.405 e. The van der Waals surface area contributed by atoms with Crippen molar-refractivity contribution < 1.29 is 8.78 Å². The van der Waals surface area contributed by atoms with Crippen molar-refractivity contribution >= 4 is 35.0 Å². The summed E-state index contributed by atoms with van der Waals surface area (Å²) in [4.78, 5) is 48.9. The van der Waals surface area contributed by atoms with Crippen LogP contribution in [0.2, 0.25) is 5.02 Å². The van der Waals surface area contributed by atoms with E-state index in [9.17, 15) is 23.2 Å². The van der Waals surface area contributed by atoms with Crippen molar-refractivity contribution in [3.63, 3.8) is 0 Å². The van der Waals surface area contributed by atoms with E-state index >= 15 is 0 Å². The van der Waals surface area contributed by atoms with E-state index in [1.54, 1.807) is 0 Å². The Labute approximate surface area is 211 Å². The highest BCUT2D eigenvalue weighted by Gasteiger charge is 2.18. The van der Waals surface area contributed by atoms with Gasteiger partial charge in [-0.1, -0.05) is 17.7 Å². The molecule has 14 heteroatoms. The van der Waals surface area contributed by atoms with Crippen LogP contribution in [-0.4, -0.2) is 24.1 Å². The topological polar surface area (TPSA) is 167 Å². The van der Waals surface area contributed by atoms with Gasteiger partial charge in [-0.05, 0) is 42.1 Å². The number of rotatable bonds is 7. The van der Waals surface area contributed by atoms with Crippen LogP contribution in [0.3, 0.4) is 0 Å². The molecule has 1 aromatic carbocycles. The average Bonchev–Trinajstić information content (AvgIpc) is 2.86. The van der Waals surface area contributed by atoms with Crippen molar-refractivity contribution in [1.29, 1.82) is 0 Å². The van der Waals surface area contributed by atoms with Gasteiger partial charge in [-0.25, -0.2) is 22.9 Å². The van der Waals surface area contributed by atoms with Crippen LogP contribution in [0.4, 0.5) is 26.1 Å². The lowest BCUT2D eigenvalue weighted by atomic mass is 10.2. The van der Waals surface area contributed by atoms with Crippen LogP contribution in [0.15, 0.2) is 63.3 Å². The van der Waals surface area contributed by atoms with Gasteiger partial charge < -0.3 is 21.8 Å². The number of nitrogens with one attached hydrogen (secondary N) is 2. The van der Waals surface area contributed by atoms with Crippen molar-refractivity contribution in [3.8, 4) is 0 Å². The summed E-state index contributed by atoms with van der Waals surface area (Å²) < 4.78 is 29.5. The Morgan fingerprint density at radius 1 is 1.14 bits per heavy atom. The molecule has 0 amide bonds. The predicted octanol–water partition coefficient (Wildman–Crippen LogP) is 1.77. The monoisotopic (exact) mass is 528 g/mol. The summed E-state index contributed by atoms with van der Waals surface area (Å²) in [6.07, 6.45) is 5.47. The van der Waals surface area contributed by atoms with E-state index in [4.69, 9.17) is 23.1 Å². The fourth-order valence-corrected chi connectivity index (χ4v) is 3.61. The van der Waals surface area contributed by atoms with E-state index in [2.05, 4.69) is 20.3 Å². The summed E-state index contributed by atoms with van der Waals surface area (Å²) in [5.41, 5.74) is 9.01. The minimum atomic E-state index is -1.23. The molecule has 0 aliphatic rings. The SMILES string of the molecule is NC=Cc1cc(Nc2nc(=O)n(Cc3ccc[nH]c3=O)c(=O)n2Cc2cc(N)c(F)c(F)c2)c(Cl)cn1. The highest BCUT2D eigenvalue weighted by Crippen LogP contribution is 2.25. The number of aromatic nitrogens is 5. The fourth-order valence-electron chi connectivity index (χ4n) is 3.46. The summed E-state index contributed by atoms with van der Waals surface area (Å²) in [6.45, 7) is -0.748. The van der Waals surface area contributed by atoms with Crippen molar-refractivity contribution in [2.24, 2.45) is 5.73 Å². The number of nitrogen functional groups attached to an aromatic ring is 1. The zero-order valence-electron chi connectivity index (χ0n) is 18.9. The van der Waals surface area contributed by atoms with Crippen LogP contribution >= 0.6 is 11.6 Å². The standard InChI is InChI=1S/C23H19ClF2N8O3/c24-15-9-30-14(3-4-27)8-18(15)31-21-32-22(36)34(11-13-2-1-5-29-20(13)35)23(37)33(21)10-12-6-16(25)19(26)17(28)7-12/h1-9H,10-11,27-28H2,(H,29,35)(H,30,31,32,36). The van der Waals surface area contributed by atoms with E-state index in [0.717, 1.165) is 21.3 Å². The molecule has 4 aromatic rings. The molecule has 3 aromatic heterocycles. The van der Waals surface area contributed by atoms with Crippen LogP contribution in [-0.2, 0) is 13.1 Å². The number of hydrogen-bond donors (Lipinski definition) is 4. The summed E-state index contributed by atoms with van der Waals surface area (Å²) in [5.74, 6) is -2.71. The summed E-state index contributed by atoms with van der Waals surface area (Å²) in [5, 5.41) is 2.94. The molecule has 0 radical (unpaired) electrons. The number of anilines is 3. The molecule has 0 atom stereocenters. The molecule has 0 saturated carbocycles. The number of nitrogens with two attached hydrogens (primary N) is 2. The van der Waals surface area contributed by atoms with Crippen molar-refractivity contribution in [2.75, 3.05) is 11.1 Å². The first-order chi connectivity index (χ1) is 17.7. The maximum atomic E-state index is 14.0. The first kappa shape index (κ1) is 25.3. The molecule has 0 unspecified atom stereocenters. The van der Waals surface area contributed by atoms with Gasteiger partial charge in [0.05, 0.1) is 35.2 Å². The average molecular weight is 529 g/mol. The van der Waals surface area contributed by atoms with Gasteiger partial charge in [-0.3, -0.25) is 14.3 Å². The van der Waals surface area contributed by atoms with Crippen LogP contribution < -0.4 is 33.7 Å². The quantitative estimate of drug-likeness (QED) is 0.263. The number of nitrogens with zero attached hydrogens (tertiary/aromatic N) is 4. The smallest absolute Gasteiger partial charge is 0.355 e. The van der Waals surface area contributed by atoms with Crippen LogP contribution in [0, 0.1) is 11.6 Å². The van der Waals surface area contributed by atoms with Gasteiger partial charge >= 0.3 is 11.4 Å². The lowest BCUT2D eigenvalue weighted by Gasteiger charge is -2.17. The fraction of sp³-hybridized carbons (Fsp3) is 0.0870. The second kappa shape index (κ2) is 10.5. The number of aromatic amines is 1. The van der Waals surface area contributed by atoms with Gasteiger partial charge in [0.1, 0.15) is 0 Å². The molecule has 0 spiro atoms. The molecule has 0 bridgehead atoms. The van der Waals surface area contributed by atoms with Crippen molar-refractivity contribution in [1.82, 2.24) is 24.1 Å². The molecule has 0 aliphatic carbocycles. The molecule has 190 valence electrons. The first-order valence-corrected chi connectivity index (χ1v) is 11.0. The van der Waals surface area contributed by atoms with Crippen LogP contribution in [0.1, 0.15) is 16.8 Å². The second-order valence-corrected chi connectivity index (χ2v) is 8.16. The van der Waals surface area contributed by atoms with Crippen LogP contribution in [0.5, 0.6) is 0 Å². The Morgan fingerprint density at radius 3 is 2.62 bits per heavy atom. The Kier molecular flexibility index (Phi) is 7.15. The zero-order chi connectivity index (χ0) is 26.7. The molecule has 0 fully saturated rings. The zero-order valence-corrected chi connectivity index (χ0v) is 19.7. The number of pyridine rings is 2. The second-order valence-electron chi connectivity index (χ2n) is 7.75. The van der Waals surface area contributed by atoms with Gasteiger partial charge in [0.25, 0.3) is 5.56 Å². The van der Waals surface area contributed by atoms with E-state index in [1.165, 1.54) is 42.9 Å². The minimum Gasteiger partial charge on any atom is -0.405 e. The van der Waals surface area contributed by atoms with Gasteiger partial charge in [-0.2, -0.15) is 4.98 Å². The highest BCUT2D eigenvalue weighted by atomic mass is 35.5. The Balaban J connectivity index is 1.87. The summed E-state index contributed by atoms with van der Waals surface area (Å²) in [6, 6.07) is 6.48. The first-order valence-electron chi connectivity index (χ1n) is 10.6. The van der Waals surface area contributed by atoms with Crippen LogP contribution in [0.25, 0.3) is 6.08 Å². The lowest BCUT2D eigenvalue weighted by molar-refractivity contribution is 0.509. The van der Waals surface area contributed by atoms with E-state index in [-0.39, 0.29) is 40.9 Å². The van der Waals surface area contributed by atoms with E-state index in [1.807, 2.05) is 0 Å². The normalized spacial score (nSPS) is 11.2. The van der Waals surface area contributed by atoms with Gasteiger partial charge in [-0.15, -0.1) is 0 Å². The van der Waals surface area contributed by atoms with Gasteiger partial charge in [0.15, 0.2) is 11.6 Å². The number of benzene rings is 1. The number of H-pyrrole nitrogens is 1. The molecule has 6 N–H and O–H groups in total. The molecule has 0 aliphatic heterocycles. The van der Waals surface area contributed by atoms with E-state index < -0.39 is 34.3 Å². The molecular formula is C23H19ClF2N8O3. The van der Waals surface area contributed by atoms with E-state index in [0.29, 0.717) is 5.69 Å². The molecular weight excluding hydrogens is 510 g/mol. The molecule has 4 rings (SSSR count). The lowest BCUT2D eigenvalue weighted by Crippen LogP contribution is -2.43. The molecule has 0 saturated heterocycles. The van der Waals surface area contributed by atoms with Crippen molar-refractivity contribution in [3.05, 3.63) is 114 Å². The van der Waals surface area contributed by atoms with Crippen molar-refractivity contribution in [2.45, 2.75) is 13.1 Å². The molecule has 11 nitrogen and oxygen atoms in total. The maximum absolute atomic E-state index is 14.0. The Bertz CT molecular complexity index is 1670. The maximum Gasteiger partial charge on any atom is 0.355 e.